The van der Waals surface area contributed by atoms with Crippen molar-refractivity contribution in [3.05, 3.63) is 66.2 Å². The van der Waals surface area contributed by atoms with Gasteiger partial charge in [0.15, 0.2) is 0 Å². The van der Waals surface area contributed by atoms with Gasteiger partial charge in [-0.15, -0.1) is 0 Å². The largest absolute Gasteiger partial charge is 0.478 e. The molecule has 4 N–H and O–H groups in total. The minimum atomic E-state index is -4.92. The third-order valence-corrected chi connectivity index (χ3v) is 6.75. The second kappa shape index (κ2) is 16.9. The Morgan fingerprint density at radius 3 is 1.94 bits per heavy atom. The van der Waals surface area contributed by atoms with Crippen LogP contribution >= 0.6 is 0 Å². The van der Waals surface area contributed by atoms with E-state index < -0.39 is 20.1 Å². The minimum Gasteiger partial charge on any atom is -0.478 e. The van der Waals surface area contributed by atoms with Gasteiger partial charge in [0.25, 0.3) is 0 Å². The molecule has 0 radical (unpaired) electrons. The number of carboxylic acids is 1. The van der Waals surface area contributed by atoms with Crippen molar-refractivity contribution in [3.63, 3.8) is 0 Å². The van der Waals surface area contributed by atoms with E-state index >= 15 is 0 Å². The standard InChI is InChI=1S/C9H8O2.C8H10AsNO5.C6H15N/c10-9(11)7-6-8-4-2-1-3-5-8;1-6(11)10-8-5-3-2-4-7(8)9(12,13)15-14;1-4-7(5-2)6-3/h1-7H,(H,10,11);2-5,14H,1H3,(H,10,11)(H,12,13);4-6H2,1-3H3. The molecule has 0 fully saturated rings. The van der Waals surface area contributed by atoms with Gasteiger partial charge in [-0.25, -0.2) is 4.79 Å². The van der Waals surface area contributed by atoms with Crippen LogP contribution in [0.15, 0.2) is 60.7 Å². The van der Waals surface area contributed by atoms with Gasteiger partial charge < -0.3 is 10.0 Å². The first-order valence-corrected chi connectivity index (χ1v) is 13.6. The van der Waals surface area contributed by atoms with Crippen LogP contribution in [0.2, 0.25) is 0 Å². The molecule has 182 valence electrons. The van der Waals surface area contributed by atoms with Gasteiger partial charge in [0.05, 0.1) is 0 Å². The first-order chi connectivity index (χ1) is 15.6. The Labute approximate surface area is 197 Å². The van der Waals surface area contributed by atoms with E-state index in [1.54, 1.807) is 12.1 Å². The third kappa shape index (κ3) is 13.5. The van der Waals surface area contributed by atoms with Crippen molar-refractivity contribution in [1.29, 1.82) is 0 Å². The van der Waals surface area contributed by atoms with Crippen molar-refractivity contribution in [3.8, 4) is 0 Å². The Morgan fingerprint density at radius 2 is 1.52 bits per heavy atom. The molecule has 1 atom stereocenters. The Bertz CT molecular complexity index is 911. The Balaban J connectivity index is 0.000000501. The van der Waals surface area contributed by atoms with Crippen molar-refractivity contribution in [1.82, 2.24) is 4.90 Å². The molecule has 0 spiro atoms. The van der Waals surface area contributed by atoms with Crippen molar-refractivity contribution in [2.45, 2.75) is 27.7 Å². The number of para-hydroxylation sites is 1. The second-order valence-corrected chi connectivity index (χ2v) is 10.0. The van der Waals surface area contributed by atoms with E-state index in [0.717, 1.165) is 11.6 Å². The SMILES string of the molecule is CC(=O)Nc1ccccc1[As](=O)(O)OO.CCN(CC)CC.O=C(O)C=Cc1ccccc1. The third-order valence-electron chi connectivity index (χ3n) is 4.19. The molecule has 2 aromatic rings. The van der Waals surface area contributed by atoms with Crippen LogP contribution in [-0.4, -0.2) is 65.0 Å². The molecule has 0 saturated carbocycles. The molecule has 0 bridgehead atoms. The first-order valence-electron chi connectivity index (χ1n) is 10.3. The minimum absolute atomic E-state index is 0.103. The zero-order valence-corrected chi connectivity index (χ0v) is 21.2. The zero-order chi connectivity index (χ0) is 25.3. The average Bonchev–Trinajstić information content (AvgIpc) is 2.80. The molecule has 0 aliphatic heterocycles. The number of benzene rings is 2. The molecule has 33 heavy (non-hydrogen) atoms. The predicted octanol–water partition coefficient (Wildman–Crippen LogP) is 2.84. The molecule has 2 rings (SSSR count). The molecular weight excluding hydrogens is 491 g/mol. The number of nitrogens with one attached hydrogen (secondary N) is 1. The normalized spacial score (nSPS) is 12.1. The maximum atomic E-state index is 11.4. The number of rotatable bonds is 8. The topological polar surface area (TPSA) is 136 Å². The van der Waals surface area contributed by atoms with Crippen LogP contribution in [0.1, 0.15) is 33.3 Å². The number of carboxylic acid groups (broad SMARTS) is 1. The number of nitrogens with zero attached hydrogens (tertiary/aromatic N) is 1. The molecule has 0 saturated heterocycles. The molecule has 0 aliphatic rings. The summed E-state index contributed by atoms with van der Waals surface area (Å²) in [5.41, 5.74) is 1.05. The summed E-state index contributed by atoms with van der Waals surface area (Å²) in [6, 6.07) is 15.1. The number of carbonyl (C=O) groups excluding carboxylic acids is 1. The van der Waals surface area contributed by atoms with Gasteiger partial charge >= 0.3 is 94.4 Å². The van der Waals surface area contributed by atoms with E-state index in [1.165, 1.54) is 44.8 Å². The van der Waals surface area contributed by atoms with E-state index in [1.807, 2.05) is 30.3 Å². The van der Waals surface area contributed by atoms with E-state index in [2.05, 4.69) is 34.9 Å². The molecular formula is C23H33AsN2O7. The summed E-state index contributed by atoms with van der Waals surface area (Å²) in [6.07, 6.45) is 2.68. The van der Waals surface area contributed by atoms with Gasteiger partial charge in [0.1, 0.15) is 0 Å². The first kappa shape index (κ1) is 30.3. The van der Waals surface area contributed by atoms with Crippen LogP contribution in [0.25, 0.3) is 6.08 Å². The number of anilines is 1. The number of hydrogen-bond donors (Lipinski definition) is 4. The molecule has 0 heterocycles. The molecule has 0 aliphatic carbocycles. The monoisotopic (exact) mass is 524 g/mol. The van der Waals surface area contributed by atoms with E-state index in [-0.39, 0.29) is 15.9 Å². The summed E-state index contributed by atoms with van der Waals surface area (Å²) in [5, 5.41) is 19.0. The number of aliphatic carboxylic acids is 1. The number of carbonyl (C=O) groups is 2. The molecule has 9 nitrogen and oxygen atoms in total. The number of hydrogen-bond acceptors (Lipinski definition) is 6. The summed E-state index contributed by atoms with van der Waals surface area (Å²) in [6.45, 7) is 11.4. The smallest absolute Gasteiger partial charge is 0.328 e. The quantitative estimate of drug-likeness (QED) is 0.179. The van der Waals surface area contributed by atoms with Crippen LogP contribution in [-0.2, 0) is 17.2 Å². The zero-order valence-electron chi connectivity index (χ0n) is 19.3. The van der Waals surface area contributed by atoms with Crippen LogP contribution < -0.4 is 9.67 Å². The molecule has 1 unspecified atom stereocenters. The summed E-state index contributed by atoms with van der Waals surface area (Å²) in [4.78, 5) is 23.3. The second-order valence-electron chi connectivity index (χ2n) is 6.50. The average molecular weight is 524 g/mol. The van der Waals surface area contributed by atoms with Gasteiger partial charge in [0.2, 0.25) is 0 Å². The predicted molar refractivity (Wildman–Crippen MR) is 129 cm³/mol. The van der Waals surface area contributed by atoms with Crippen molar-refractivity contribution in [2.24, 2.45) is 0 Å². The van der Waals surface area contributed by atoms with E-state index in [0.29, 0.717) is 0 Å². The Kier molecular flexibility index (Phi) is 15.5. The van der Waals surface area contributed by atoms with Gasteiger partial charge in [0, 0.05) is 6.08 Å². The van der Waals surface area contributed by atoms with Crippen molar-refractivity contribution >= 4 is 42.2 Å². The molecule has 0 aromatic heterocycles. The molecule has 2 aromatic carbocycles. The summed E-state index contributed by atoms with van der Waals surface area (Å²) < 4.78 is 24.1. The molecule has 1 amide bonds. The van der Waals surface area contributed by atoms with Crippen molar-refractivity contribution < 1.29 is 31.7 Å². The van der Waals surface area contributed by atoms with Crippen LogP contribution in [0.5, 0.6) is 0 Å². The van der Waals surface area contributed by atoms with Gasteiger partial charge in [-0.2, -0.15) is 0 Å². The van der Waals surface area contributed by atoms with Crippen LogP contribution in [0.4, 0.5) is 5.69 Å². The molecule has 10 heteroatoms. The van der Waals surface area contributed by atoms with E-state index in [9.17, 15) is 17.4 Å². The maximum Gasteiger partial charge on any atom is 0.328 e. The van der Waals surface area contributed by atoms with Gasteiger partial charge in [-0.1, -0.05) is 51.1 Å². The van der Waals surface area contributed by atoms with Crippen LogP contribution in [0.3, 0.4) is 0 Å². The summed E-state index contributed by atoms with van der Waals surface area (Å²) in [7, 11) is 0. The summed E-state index contributed by atoms with van der Waals surface area (Å²) >= 11 is -4.92. The Morgan fingerprint density at radius 1 is 1.00 bits per heavy atom. The Hall–Kier alpha value is -2.68. The van der Waals surface area contributed by atoms with Gasteiger partial charge in [-0.05, 0) is 31.3 Å². The van der Waals surface area contributed by atoms with Crippen LogP contribution in [0, 0.1) is 0 Å². The van der Waals surface area contributed by atoms with E-state index in [4.69, 9.17) is 10.4 Å². The summed E-state index contributed by atoms with van der Waals surface area (Å²) in [5.74, 6) is -1.30. The number of amides is 1. The fraction of sp³-hybridized carbons (Fsp3) is 0.304. The van der Waals surface area contributed by atoms with Crippen molar-refractivity contribution in [2.75, 3.05) is 25.0 Å². The fourth-order valence-corrected chi connectivity index (χ4v) is 4.13. The fourth-order valence-electron chi connectivity index (χ4n) is 2.46. The maximum absolute atomic E-state index is 11.4. The van der Waals surface area contributed by atoms with Gasteiger partial charge in [-0.3, -0.25) is 0 Å².